The standard InChI is InChI=1S/C26H23Br3N2O/c27-22-10-5-20(6-11-22)26(21-7-12-23(28)13-8-21)31-17-15-30(16-18-31)25(32)14-9-19-3-1-2-4-24(19)29/h1-14,26H,15-18H2/b14-9+. The molecule has 1 amide bonds. The van der Waals surface area contributed by atoms with Gasteiger partial charge >= 0.3 is 0 Å². The number of carbonyl (C=O) groups is 1. The van der Waals surface area contributed by atoms with Gasteiger partial charge in [0.1, 0.15) is 0 Å². The van der Waals surface area contributed by atoms with Crippen molar-refractivity contribution in [3.63, 3.8) is 0 Å². The first-order valence-electron chi connectivity index (χ1n) is 10.5. The third-order valence-electron chi connectivity index (χ3n) is 5.67. The fraction of sp³-hybridized carbons (Fsp3) is 0.192. The Hall–Kier alpha value is -1.73. The maximum atomic E-state index is 12.8. The van der Waals surface area contributed by atoms with Crippen LogP contribution in [0.2, 0.25) is 0 Å². The minimum Gasteiger partial charge on any atom is -0.337 e. The lowest BCUT2D eigenvalue weighted by Crippen LogP contribution is -2.49. The highest BCUT2D eigenvalue weighted by molar-refractivity contribution is 9.11. The Kier molecular flexibility index (Phi) is 8.00. The molecule has 1 heterocycles. The average Bonchev–Trinajstić information content (AvgIpc) is 2.81. The smallest absolute Gasteiger partial charge is 0.246 e. The number of halogens is 3. The predicted octanol–water partition coefficient (Wildman–Crippen LogP) is 6.92. The first-order chi connectivity index (χ1) is 15.5. The number of benzene rings is 3. The molecule has 4 rings (SSSR count). The molecule has 0 radical (unpaired) electrons. The van der Waals surface area contributed by atoms with Crippen LogP contribution in [0.25, 0.3) is 6.08 Å². The Morgan fingerprint density at radius 1 is 0.750 bits per heavy atom. The molecule has 32 heavy (non-hydrogen) atoms. The van der Waals surface area contributed by atoms with Gasteiger partial charge in [0.2, 0.25) is 5.91 Å². The molecule has 1 aliphatic heterocycles. The fourth-order valence-corrected chi connectivity index (χ4v) is 4.93. The van der Waals surface area contributed by atoms with Gasteiger partial charge in [-0.05, 0) is 53.1 Å². The molecule has 3 aromatic rings. The summed E-state index contributed by atoms with van der Waals surface area (Å²) in [7, 11) is 0. The first kappa shape index (κ1) is 23.4. The molecule has 1 fully saturated rings. The highest BCUT2D eigenvalue weighted by Gasteiger charge is 2.27. The molecule has 0 N–H and O–H groups in total. The van der Waals surface area contributed by atoms with Crippen LogP contribution in [0.5, 0.6) is 0 Å². The summed E-state index contributed by atoms with van der Waals surface area (Å²) < 4.78 is 3.13. The zero-order valence-electron chi connectivity index (χ0n) is 17.4. The third-order valence-corrected chi connectivity index (χ3v) is 7.45. The summed E-state index contributed by atoms with van der Waals surface area (Å²) in [5.74, 6) is 0.0595. The van der Waals surface area contributed by atoms with Crippen LogP contribution < -0.4 is 0 Å². The molecular formula is C26H23Br3N2O. The number of hydrogen-bond acceptors (Lipinski definition) is 2. The van der Waals surface area contributed by atoms with Crippen LogP contribution in [0, 0.1) is 0 Å². The maximum absolute atomic E-state index is 12.8. The third kappa shape index (κ3) is 5.79. The molecule has 0 aromatic heterocycles. The van der Waals surface area contributed by atoms with E-state index in [0.29, 0.717) is 13.1 Å². The monoisotopic (exact) mass is 616 g/mol. The van der Waals surface area contributed by atoms with Crippen molar-refractivity contribution >= 4 is 59.8 Å². The van der Waals surface area contributed by atoms with Gasteiger partial charge in [-0.3, -0.25) is 9.69 Å². The van der Waals surface area contributed by atoms with E-state index in [0.717, 1.165) is 32.1 Å². The molecule has 0 aliphatic carbocycles. The lowest BCUT2D eigenvalue weighted by molar-refractivity contribution is -0.127. The zero-order valence-corrected chi connectivity index (χ0v) is 22.2. The largest absolute Gasteiger partial charge is 0.337 e. The second-order valence-electron chi connectivity index (χ2n) is 7.72. The van der Waals surface area contributed by atoms with E-state index in [2.05, 4.69) is 101 Å². The average molecular weight is 619 g/mol. The Morgan fingerprint density at radius 2 is 1.28 bits per heavy atom. The summed E-state index contributed by atoms with van der Waals surface area (Å²) in [6, 6.07) is 25.1. The molecule has 1 saturated heterocycles. The van der Waals surface area contributed by atoms with E-state index in [-0.39, 0.29) is 11.9 Å². The molecule has 3 nitrogen and oxygen atoms in total. The molecule has 0 atom stereocenters. The van der Waals surface area contributed by atoms with Gasteiger partial charge in [-0.25, -0.2) is 0 Å². The van der Waals surface area contributed by atoms with Gasteiger partial charge in [-0.2, -0.15) is 0 Å². The Bertz CT molecular complexity index is 1040. The van der Waals surface area contributed by atoms with E-state index in [1.54, 1.807) is 6.08 Å². The van der Waals surface area contributed by atoms with E-state index in [1.807, 2.05) is 35.2 Å². The van der Waals surface area contributed by atoms with Gasteiger partial charge in [0, 0.05) is 45.7 Å². The van der Waals surface area contributed by atoms with Gasteiger partial charge in [-0.15, -0.1) is 0 Å². The quantitative estimate of drug-likeness (QED) is 0.290. The molecule has 0 bridgehead atoms. The van der Waals surface area contributed by atoms with Crippen LogP contribution in [0.1, 0.15) is 22.7 Å². The van der Waals surface area contributed by atoms with E-state index < -0.39 is 0 Å². The lowest BCUT2D eigenvalue weighted by atomic mass is 9.96. The van der Waals surface area contributed by atoms with Crippen LogP contribution in [-0.2, 0) is 4.79 Å². The van der Waals surface area contributed by atoms with Crippen molar-refractivity contribution < 1.29 is 4.79 Å². The second-order valence-corrected chi connectivity index (χ2v) is 10.4. The maximum Gasteiger partial charge on any atom is 0.246 e. The van der Waals surface area contributed by atoms with Gasteiger partial charge in [-0.1, -0.05) is 90.3 Å². The van der Waals surface area contributed by atoms with Crippen molar-refractivity contribution in [1.29, 1.82) is 0 Å². The Labute approximate surface area is 214 Å². The molecule has 1 aliphatic rings. The van der Waals surface area contributed by atoms with Gasteiger partial charge in [0.25, 0.3) is 0 Å². The fourth-order valence-electron chi connectivity index (χ4n) is 3.98. The van der Waals surface area contributed by atoms with Crippen LogP contribution in [0.15, 0.2) is 92.3 Å². The summed E-state index contributed by atoms with van der Waals surface area (Å²) in [5, 5.41) is 0. The minimum atomic E-state index is 0.0595. The number of rotatable bonds is 5. The molecule has 0 unspecified atom stereocenters. The summed E-state index contributed by atoms with van der Waals surface area (Å²) in [6.45, 7) is 3.07. The zero-order chi connectivity index (χ0) is 22.5. The number of hydrogen-bond donors (Lipinski definition) is 0. The highest BCUT2D eigenvalue weighted by atomic mass is 79.9. The van der Waals surface area contributed by atoms with Crippen molar-refractivity contribution in [2.45, 2.75) is 6.04 Å². The topological polar surface area (TPSA) is 23.6 Å². The number of nitrogens with zero attached hydrogens (tertiary/aromatic N) is 2. The normalized spacial score (nSPS) is 14.9. The second kappa shape index (κ2) is 10.9. The summed E-state index contributed by atoms with van der Waals surface area (Å²) in [6.07, 6.45) is 3.56. The summed E-state index contributed by atoms with van der Waals surface area (Å²) >= 11 is 10.6. The highest BCUT2D eigenvalue weighted by Crippen LogP contribution is 2.31. The van der Waals surface area contributed by atoms with Crippen molar-refractivity contribution in [3.05, 3.63) is 109 Å². The molecule has 0 saturated carbocycles. The van der Waals surface area contributed by atoms with Crippen LogP contribution in [0.3, 0.4) is 0 Å². The first-order valence-corrected chi connectivity index (χ1v) is 12.9. The van der Waals surface area contributed by atoms with Crippen LogP contribution in [0.4, 0.5) is 0 Å². The lowest BCUT2D eigenvalue weighted by Gasteiger charge is -2.39. The summed E-state index contributed by atoms with van der Waals surface area (Å²) in [5.41, 5.74) is 3.51. The summed E-state index contributed by atoms with van der Waals surface area (Å²) in [4.78, 5) is 17.2. The number of amides is 1. The Balaban J connectivity index is 1.47. The Morgan fingerprint density at radius 3 is 1.81 bits per heavy atom. The number of piperazine rings is 1. The SMILES string of the molecule is O=C(/C=C/c1ccccc1Br)N1CCN(C(c2ccc(Br)cc2)c2ccc(Br)cc2)CC1. The molecular weight excluding hydrogens is 596 g/mol. The van der Waals surface area contributed by atoms with Crippen molar-refractivity contribution in [2.75, 3.05) is 26.2 Å². The van der Waals surface area contributed by atoms with Crippen LogP contribution >= 0.6 is 47.8 Å². The van der Waals surface area contributed by atoms with E-state index in [1.165, 1.54) is 11.1 Å². The molecule has 164 valence electrons. The van der Waals surface area contributed by atoms with E-state index in [9.17, 15) is 4.79 Å². The molecule has 6 heteroatoms. The van der Waals surface area contributed by atoms with Gasteiger partial charge in [0.15, 0.2) is 0 Å². The van der Waals surface area contributed by atoms with E-state index >= 15 is 0 Å². The van der Waals surface area contributed by atoms with Crippen molar-refractivity contribution in [1.82, 2.24) is 9.80 Å². The van der Waals surface area contributed by atoms with Gasteiger partial charge in [0.05, 0.1) is 6.04 Å². The van der Waals surface area contributed by atoms with Crippen molar-refractivity contribution in [2.24, 2.45) is 0 Å². The van der Waals surface area contributed by atoms with E-state index in [4.69, 9.17) is 0 Å². The van der Waals surface area contributed by atoms with Crippen LogP contribution in [-0.4, -0.2) is 41.9 Å². The predicted molar refractivity (Wildman–Crippen MR) is 141 cm³/mol. The van der Waals surface area contributed by atoms with Gasteiger partial charge < -0.3 is 4.90 Å². The molecule has 0 spiro atoms. The van der Waals surface area contributed by atoms with Crippen molar-refractivity contribution in [3.8, 4) is 0 Å². The molecule has 3 aromatic carbocycles. The minimum absolute atomic E-state index is 0.0595. The number of carbonyl (C=O) groups excluding carboxylic acids is 1.